The SMILES string of the molecule is Cn1ccc(CNC(=O)C2CCCC2)c1. The minimum atomic E-state index is 0.233. The van der Waals surface area contributed by atoms with Crippen LogP contribution in [0.3, 0.4) is 0 Å². The molecular formula is C12H18N2O. The number of nitrogens with one attached hydrogen (secondary N) is 1. The molecule has 0 bridgehead atoms. The predicted molar refractivity (Wildman–Crippen MR) is 59.2 cm³/mol. The monoisotopic (exact) mass is 206 g/mol. The van der Waals surface area contributed by atoms with E-state index in [1.807, 2.05) is 30.1 Å². The summed E-state index contributed by atoms with van der Waals surface area (Å²) >= 11 is 0. The molecule has 3 nitrogen and oxygen atoms in total. The van der Waals surface area contributed by atoms with E-state index in [4.69, 9.17) is 0 Å². The molecule has 1 aromatic heterocycles. The molecule has 1 amide bonds. The highest BCUT2D eigenvalue weighted by atomic mass is 16.1. The standard InChI is InChI=1S/C12H18N2O/c1-14-7-6-10(9-14)8-13-12(15)11-4-2-3-5-11/h6-7,9,11H,2-5,8H2,1H3,(H,13,15). The summed E-state index contributed by atoms with van der Waals surface area (Å²) in [4.78, 5) is 11.7. The molecule has 1 fully saturated rings. The quantitative estimate of drug-likeness (QED) is 0.804. The molecule has 1 aliphatic rings. The fraction of sp³-hybridized carbons (Fsp3) is 0.583. The van der Waals surface area contributed by atoms with Gasteiger partial charge in [-0.05, 0) is 24.5 Å². The third kappa shape index (κ3) is 2.61. The molecule has 1 aliphatic carbocycles. The van der Waals surface area contributed by atoms with Gasteiger partial charge in [0.05, 0.1) is 0 Å². The van der Waals surface area contributed by atoms with Crippen LogP contribution >= 0.6 is 0 Å². The molecule has 0 atom stereocenters. The highest BCUT2D eigenvalue weighted by Crippen LogP contribution is 2.24. The van der Waals surface area contributed by atoms with E-state index >= 15 is 0 Å². The molecule has 0 radical (unpaired) electrons. The maximum atomic E-state index is 11.7. The van der Waals surface area contributed by atoms with Crippen molar-refractivity contribution in [3.05, 3.63) is 24.0 Å². The summed E-state index contributed by atoms with van der Waals surface area (Å²) in [6, 6.07) is 2.04. The number of amides is 1. The van der Waals surface area contributed by atoms with Crippen LogP contribution in [0.15, 0.2) is 18.5 Å². The van der Waals surface area contributed by atoms with Crippen LogP contribution in [0.4, 0.5) is 0 Å². The third-order valence-corrected chi connectivity index (χ3v) is 3.09. The minimum absolute atomic E-state index is 0.233. The van der Waals surface area contributed by atoms with Crippen molar-refractivity contribution in [1.29, 1.82) is 0 Å². The van der Waals surface area contributed by atoms with E-state index in [1.165, 1.54) is 18.4 Å². The number of carbonyl (C=O) groups excluding carboxylic acids is 1. The number of aryl methyl sites for hydroxylation is 1. The maximum Gasteiger partial charge on any atom is 0.223 e. The molecule has 0 saturated heterocycles. The van der Waals surface area contributed by atoms with Gasteiger partial charge in [0, 0.05) is 31.9 Å². The largest absolute Gasteiger partial charge is 0.357 e. The van der Waals surface area contributed by atoms with Gasteiger partial charge in [-0.3, -0.25) is 4.79 Å². The number of carbonyl (C=O) groups is 1. The van der Waals surface area contributed by atoms with E-state index in [2.05, 4.69) is 5.32 Å². The van der Waals surface area contributed by atoms with Gasteiger partial charge in [-0.2, -0.15) is 0 Å². The van der Waals surface area contributed by atoms with Crippen molar-refractivity contribution in [3.8, 4) is 0 Å². The first-order valence-electron chi connectivity index (χ1n) is 5.64. The number of hydrogen-bond donors (Lipinski definition) is 1. The van der Waals surface area contributed by atoms with Gasteiger partial charge < -0.3 is 9.88 Å². The van der Waals surface area contributed by atoms with Crippen LogP contribution in [0.2, 0.25) is 0 Å². The van der Waals surface area contributed by atoms with Gasteiger partial charge in [0.15, 0.2) is 0 Å². The van der Waals surface area contributed by atoms with Crippen molar-refractivity contribution in [2.75, 3.05) is 0 Å². The Kier molecular flexibility index (Phi) is 3.09. The van der Waals surface area contributed by atoms with Gasteiger partial charge in [-0.15, -0.1) is 0 Å². The average Bonchev–Trinajstić information content (AvgIpc) is 2.84. The van der Waals surface area contributed by atoms with Crippen molar-refractivity contribution in [2.45, 2.75) is 32.2 Å². The Labute approximate surface area is 90.5 Å². The van der Waals surface area contributed by atoms with Crippen LogP contribution in [-0.4, -0.2) is 10.5 Å². The molecule has 82 valence electrons. The molecule has 15 heavy (non-hydrogen) atoms. The van der Waals surface area contributed by atoms with Crippen LogP contribution in [-0.2, 0) is 18.4 Å². The molecule has 0 unspecified atom stereocenters. The van der Waals surface area contributed by atoms with Crippen LogP contribution < -0.4 is 5.32 Å². The van der Waals surface area contributed by atoms with Gasteiger partial charge >= 0.3 is 0 Å². The van der Waals surface area contributed by atoms with E-state index in [0.717, 1.165) is 12.8 Å². The lowest BCUT2D eigenvalue weighted by Gasteiger charge is -2.09. The Morgan fingerprint density at radius 2 is 2.27 bits per heavy atom. The first kappa shape index (κ1) is 10.3. The van der Waals surface area contributed by atoms with Crippen molar-refractivity contribution < 1.29 is 4.79 Å². The Bertz CT molecular complexity index is 337. The van der Waals surface area contributed by atoms with Gasteiger partial charge in [-0.1, -0.05) is 12.8 Å². The Balaban J connectivity index is 1.80. The Morgan fingerprint density at radius 1 is 1.53 bits per heavy atom. The van der Waals surface area contributed by atoms with Crippen molar-refractivity contribution in [1.82, 2.24) is 9.88 Å². The lowest BCUT2D eigenvalue weighted by Crippen LogP contribution is -2.28. The van der Waals surface area contributed by atoms with E-state index < -0.39 is 0 Å². The molecule has 1 N–H and O–H groups in total. The molecule has 1 aromatic rings. The van der Waals surface area contributed by atoms with Crippen molar-refractivity contribution in [3.63, 3.8) is 0 Å². The van der Waals surface area contributed by atoms with E-state index in [9.17, 15) is 4.79 Å². The number of nitrogens with zero attached hydrogens (tertiary/aromatic N) is 1. The number of hydrogen-bond acceptors (Lipinski definition) is 1. The number of rotatable bonds is 3. The van der Waals surface area contributed by atoms with Gasteiger partial charge in [0.2, 0.25) is 5.91 Å². The van der Waals surface area contributed by atoms with Crippen LogP contribution in [0.1, 0.15) is 31.2 Å². The molecule has 0 spiro atoms. The zero-order valence-corrected chi connectivity index (χ0v) is 9.20. The van der Waals surface area contributed by atoms with Gasteiger partial charge in [0.1, 0.15) is 0 Å². The summed E-state index contributed by atoms with van der Waals surface area (Å²) in [5, 5.41) is 3.00. The first-order valence-corrected chi connectivity index (χ1v) is 5.64. The highest BCUT2D eigenvalue weighted by molar-refractivity contribution is 5.78. The lowest BCUT2D eigenvalue weighted by atomic mass is 10.1. The fourth-order valence-corrected chi connectivity index (χ4v) is 2.19. The summed E-state index contributed by atoms with van der Waals surface area (Å²) in [7, 11) is 1.99. The molecule has 2 rings (SSSR count). The second-order valence-corrected chi connectivity index (χ2v) is 4.38. The molecule has 3 heteroatoms. The van der Waals surface area contributed by atoms with E-state index in [0.29, 0.717) is 6.54 Å². The summed E-state index contributed by atoms with van der Waals surface area (Å²) in [6.07, 6.45) is 8.60. The molecule has 0 aliphatic heterocycles. The zero-order chi connectivity index (χ0) is 10.7. The lowest BCUT2D eigenvalue weighted by molar-refractivity contribution is -0.124. The summed E-state index contributed by atoms with van der Waals surface area (Å²) in [6.45, 7) is 0.663. The zero-order valence-electron chi connectivity index (χ0n) is 9.20. The molecule has 1 saturated carbocycles. The van der Waals surface area contributed by atoms with Crippen molar-refractivity contribution in [2.24, 2.45) is 13.0 Å². The predicted octanol–water partition coefficient (Wildman–Crippen LogP) is 1.83. The fourth-order valence-electron chi connectivity index (χ4n) is 2.19. The number of aromatic nitrogens is 1. The topological polar surface area (TPSA) is 34.0 Å². The second kappa shape index (κ2) is 4.51. The van der Waals surface area contributed by atoms with Crippen LogP contribution in [0.5, 0.6) is 0 Å². The highest BCUT2D eigenvalue weighted by Gasteiger charge is 2.21. The smallest absolute Gasteiger partial charge is 0.223 e. The normalized spacial score (nSPS) is 16.9. The second-order valence-electron chi connectivity index (χ2n) is 4.38. The van der Waals surface area contributed by atoms with Crippen molar-refractivity contribution >= 4 is 5.91 Å². The minimum Gasteiger partial charge on any atom is -0.357 e. The van der Waals surface area contributed by atoms with E-state index in [1.54, 1.807) is 0 Å². The Hall–Kier alpha value is -1.25. The van der Waals surface area contributed by atoms with Crippen LogP contribution in [0.25, 0.3) is 0 Å². The van der Waals surface area contributed by atoms with Gasteiger partial charge in [-0.25, -0.2) is 0 Å². The first-order chi connectivity index (χ1) is 7.25. The Morgan fingerprint density at radius 3 is 2.87 bits per heavy atom. The summed E-state index contributed by atoms with van der Waals surface area (Å²) in [5.41, 5.74) is 1.17. The summed E-state index contributed by atoms with van der Waals surface area (Å²) in [5.74, 6) is 0.505. The molecule has 0 aromatic carbocycles. The molecular weight excluding hydrogens is 188 g/mol. The average molecular weight is 206 g/mol. The van der Waals surface area contributed by atoms with Crippen LogP contribution in [0, 0.1) is 5.92 Å². The third-order valence-electron chi connectivity index (χ3n) is 3.09. The molecule has 1 heterocycles. The van der Waals surface area contributed by atoms with Gasteiger partial charge in [0.25, 0.3) is 0 Å². The van der Waals surface area contributed by atoms with E-state index in [-0.39, 0.29) is 11.8 Å². The maximum absolute atomic E-state index is 11.7. The summed E-state index contributed by atoms with van der Waals surface area (Å²) < 4.78 is 2.00.